The van der Waals surface area contributed by atoms with Gasteiger partial charge in [0.2, 0.25) is 5.91 Å². The van der Waals surface area contributed by atoms with Gasteiger partial charge in [-0.25, -0.2) is 0 Å². The minimum atomic E-state index is 0.0667. The number of nitrogens with one attached hydrogen (secondary N) is 1. The molecule has 1 aromatic carbocycles. The Kier molecular flexibility index (Phi) is 3.78. The van der Waals surface area contributed by atoms with Crippen LogP contribution >= 0.6 is 11.8 Å². The number of anilines is 2. The molecule has 1 fully saturated rings. The number of methoxy groups -OCH3 is 1. The summed E-state index contributed by atoms with van der Waals surface area (Å²) < 4.78 is 5.06. The fourth-order valence-corrected chi connectivity index (χ4v) is 2.98. The van der Waals surface area contributed by atoms with Gasteiger partial charge >= 0.3 is 0 Å². The van der Waals surface area contributed by atoms with Gasteiger partial charge in [0.1, 0.15) is 5.75 Å². The highest BCUT2D eigenvalue weighted by atomic mass is 32.2. The number of nitrogen functional groups attached to an aromatic ring is 1. The average molecular weight is 252 g/mol. The van der Waals surface area contributed by atoms with Gasteiger partial charge in [0.05, 0.1) is 18.0 Å². The van der Waals surface area contributed by atoms with Gasteiger partial charge in [0.15, 0.2) is 0 Å². The molecule has 0 spiro atoms. The van der Waals surface area contributed by atoms with Crippen LogP contribution in [0.4, 0.5) is 11.4 Å². The van der Waals surface area contributed by atoms with E-state index in [2.05, 4.69) is 5.32 Å². The molecule has 1 saturated heterocycles. The second-order valence-corrected chi connectivity index (χ2v) is 5.26. The average Bonchev–Trinajstić information content (AvgIpc) is 2.82. The molecular formula is C12H16N2O2S. The summed E-state index contributed by atoms with van der Waals surface area (Å²) in [5.41, 5.74) is 7.03. The van der Waals surface area contributed by atoms with Crippen molar-refractivity contribution in [3.05, 3.63) is 18.2 Å². The maximum Gasteiger partial charge on any atom is 0.237 e. The van der Waals surface area contributed by atoms with E-state index in [1.807, 2.05) is 0 Å². The molecule has 3 N–H and O–H groups in total. The second kappa shape index (κ2) is 5.31. The zero-order chi connectivity index (χ0) is 12.3. The molecule has 0 bridgehead atoms. The third-order valence-electron chi connectivity index (χ3n) is 2.72. The number of carbonyl (C=O) groups excluding carboxylic acids is 1. The van der Waals surface area contributed by atoms with Crippen LogP contribution in [0.2, 0.25) is 0 Å². The summed E-state index contributed by atoms with van der Waals surface area (Å²) in [4.78, 5) is 11.9. The monoisotopic (exact) mass is 252 g/mol. The summed E-state index contributed by atoms with van der Waals surface area (Å²) >= 11 is 1.71. The van der Waals surface area contributed by atoms with Crippen LogP contribution in [0.15, 0.2) is 18.2 Å². The van der Waals surface area contributed by atoms with Crippen LogP contribution in [0, 0.1) is 0 Å². The van der Waals surface area contributed by atoms with E-state index in [0.29, 0.717) is 11.4 Å². The summed E-state index contributed by atoms with van der Waals surface area (Å²) in [6.45, 7) is 0. The molecule has 92 valence electrons. The standard InChI is InChI=1S/C12H16N2O2S/c1-16-10-5-4-8(7-9(10)13)14-12(15)11-3-2-6-17-11/h4-5,7,11H,2-3,6,13H2,1H3,(H,14,15). The van der Waals surface area contributed by atoms with E-state index in [4.69, 9.17) is 10.5 Å². The van der Waals surface area contributed by atoms with Crippen molar-refractivity contribution in [1.29, 1.82) is 0 Å². The van der Waals surface area contributed by atoms with E-state index in [-0.39, 0.29) is 11.2 Å². The Balaban J connectivity index is 2.03. The van der Waals surface area contributed by atoms with Crippen LogP contribution < -0.4 is 15.8 Å². The highest BCUT2D eigenvalue weighted by Gasteiger charge is 2.23. The molecule has 1 aliphatic rings. The molecule has 5 heteroatoms. The molecule has 0 aliphatic carbocycles. The first-order valence-corrected chi connectivity index (χ1v) is 6.61. The van der Waals surface area contributed by atoms with Crippen molar-refractivity contribution in [3.63, 3.8) is 0 Å². The lowest BCUT2D eigenvalue weighted by Crippen LogP contribution is -2.22. The molecule has 2 rings (SSSR count). The van der Waals surface area contributed by atoms with Gasteiger partial charge in [-0.2, -0.15) is 0 Å². The number of nitrogens with two attached hydrogens (primary N) is 1. The van der Waals surface area contributed by atoms with Crippen molar-refractivity contribution in [2.75, 3.05) is 23.9 Å². The van der Waals surface area contributed by atoms with Crippen LogP contribution in [0.1, 0.15) is 12.8 Å². The Morgan fingerprint density at radius 3 is 3.00 bits per heavy atom. The van der Waals surface area contributed by atoms with Crippen molar-refractivity contribution >= 4 is 29.0 Å². The van der Waals surface area contributed by atoms with E-state index in [0.717, 1.165) is 24.3 Å². The summed E-state index contributed by atoms with van der Waals surface area (Å²) in [7, 11) is 1.57. The molecule has 0 radical (unpaired) electrons. The summed E-state index contributed by atoms with van der Waals surface area (Å²) in [6, 6.07) is 5.27. The van der Waals surface area contributed by atoms with E-state index < -0.39 is 0 Å². The molecule has 0 aromatic heterocycles. The number of ether oxygens (including phenoxy) is 1. The molecule has 4 nitrogen and oxygen atoms in total. The van der Waals surface area contributed by atoms with E-state index in [1.54, 1.807) is 37.1 Å². The van der Waals surface area contributed by atoms with Crippen molar-refractivity contribution < 1.29 is 9.53 Å². The topological polar surface area (TPSA) is 64.3 Å². The van der Waals surface area contributed by atoms with Crippen molar-refractivity contribution in [2.45, 2.75) is 18.1 Å². The van der Waals surface area contributed by atoms with Gasteiger partial charge in [-0.15, -0.1) is 11.8 Å². The van der Waals surface area contributed by atoms with Gasteiger partial charge in [0.25, 0.3) is 0 Å². The molecule has 1 unspecified atom stereocenters. The lowest BCUT2D eigenvalue weighted by molar-refractivity contribution is -0.115. The van der Waals surface area contributed by atoms with Crippen molar-refractivity contribution in [2.24, 2.45) is 0 Å². The van der Waals surface area contributed by atoms with Crippen LogP contribution in [-0.4, -0.2) is 24.0 Å². The minimum absolute atomic E-state index is 0.0667. The van der Waals surface area contributed by atoms with E-state index in [9.17, 15) is 4.79 Å². The normalized spacial score (nSPS) is 19.0. The van der Waals surface area contributed by atoms with Crippen molar-refractivity contribution in [3.8, 4) is 5.75 Å². The van der Waals surface area contributed by atoms with Crippen LogP contribution in [-0.2, 0) is 4.79 Å². The maximum absolute atomic E-state index is 11.9. The summed E-state index contributed by atoms with van der Waals surface area (Å²) in [5, 5.41) is 2.96. The smallest absolute Gasteiger partial charge is 0.237 e. The fourth-order valence-electron chi connectivity index (χ4n) is 1.82. The predicted octanol–water partition coefficient (Wildman–Crippen LogP) is 2.11. The second-order valence-electron chi connectivity index (χ2n) is 3.95. The Morgan fingerprint density at radius 2 is 2.41 bits per heavy atom. The predicted molar refractivity (Wildman–Crippen MR) is 71.5 cm³/mol. The number of thioether (sulfide) groups is 1. The molecular weight excluding hydrogens is 236 g/mol. The molecule has 0 saturated carbocycles. The van der Waals surface area contributed by atoms with Crippen molar-refractivity contribution in [1.82, 2.24) is 0 Å². The molecule has 1 aromatic rings. The quantitative estimate of drug-likeness (QED) is 0.809. The first-order valence-electron chi connectivity index (χ1n) is 5.56. The zero-order valence-electron chi connectivity index (χ0n) is 9.73. The Hall–Kier alpha value is -1.36. The number of amides is 1. The third kappa shape index (κ3) is 2.85. The van der Waals surface area contributed by atoms with Gasteiger partial charge < -0.3 is 15.8 Å². The van der Waals surface area contributed by atoms with Crippen LogP contribution in [0.3, 0.4) is 0 Å². The largest absolute Gasteiger partial charge is 0.495 e. The Bertz CT molecular complexity index is 417. The SMILES string of the molecule is COc1ccc(NC(=O)C2CCCS2)cc1N. The minimum Gasteiger partial charge on any atom is -0.495 e. The number of hydrogen-bond donors (Lipinski definition) is 2. The van der Waals surface area contributed by atoms with E-state index in [1.165, 1.54) is 0 Å². The molecule has 1 amide bonds. The lowest BCUT2D eigenvalue weighted by Gasteiger charge is -2.11. The number of benzene rings is 1. The third-order valence-corrected chi connectivity index (χ3v) is 4.10. The highest BCUT2D eigenvalue weighted by molar-refractivity contribution is 8.00. The van der Waals surface area contributed by atoms with Crippen LogP contribution in [0.25, 0.3) is 0 Å². The number of hydrogen-bond acceptors (Lipinski definition) is 4. The van der Waals surface area contributed by atoms with Crippen LogP contribution in [0.5, 0.6) is 5.75 Å². The lowest BCUT2D eigenvalue weighted by atomic mass is 10.2. The highest BCUT2D eigenvalue weighted by Crippen LogP contribution is 2.28. The van der Waals surface area contributed by atoms with E-state index >= 15 is 0 Å². The Labute approximate surface area is 105 Å². The number of carbonyl (C=O) groups is 1. The first-order chi connectivity index (χ1) is 8.20. The van der Waals surface area contributed by atoms with Gasteiger partial charge in [-0.05, 0) is 36.8 Å². The molecule has 1 heterocycles. The van der Waals surface area contributed by atoms with Gasteiger partial charge in [0, 0.05) is 5.69 Å². The zero-order valence-corrected chi connectivity index (χ0v) is 10.5. The van der Waals surface area contributed by atoms with Gasteiger partial charge in [-0.3, -0.25) is 4.79 Å². The summed E-state index contributed by atoms with van der Waals surface area (Å²) in [5.74, 6) is 1.76. The fraction of sp³-hybridized carbons (Fsp3) is 0.417. The Morgan fingerprint density at radius 1 is 1.59 bits per heavy atom. The van der Waals surface area contributed by atoms with Gasteiger partial charge in [-0.1, -0.05) is 0 Å². The molecule has 1 aliphatic heterocycles. The molecule has 1 atom stereocenters. The molecule has 17 heavy (non-hydrogen) atoms. The number of rotatable bonds is 3. The summed E-state index contributed by atoms with van der Waals surface area (Å²) in [6.07, 6.45) is 2.08. The first kappa shape index (κ1) is 12.1. The maximum atomic E-state index is 11.9.